The van der Waals surface area contributed by atoms with Crippen LogP contribution >= 0.6 is 0 Å². The van der Waals surface area contributed by atoms with E-state index in [1.165, 1.54) is 0 Å². The Morgan fingerprint density at radius 3 is 1.90 bits per heavy atom. The Balaban J connectivity index is 1.17. The number of hydrogen-bond acceptors (Lipinski definition) is 6. The lowest BCUT2D eigenvalue weighted by Gasteiger charge is -2.12. The van der Waals surface area contributed by atoms with Crippen molar-refractivity contribution in [2.45, 2.75) is 0 Å². The SMILES string of the molecule is c1ccc(-c2nc(-c3ccc4c(-c5cccc6oc7ccncc7c56)cccc4c3)nc(-c3cccc4oc5ccccc5c34)n2)cc1. The lowest BCUT2D eigenvalue weighted by Crippen LogP contribution is -2.00. The molecule has 4 heterocycles. The van der Waals surface area contributed by atoms with Gasteiger partial charge in [-0.1, -0.05) is 103 Å². The average molecular weight is 617 g/mol. The molecule has 0 aliphatic heterocycles. The number of aromatic nitrogens is 4. The van der Waals surface area contributed by atoms with E-state index in [2.05, 4.69) is 59.6 Å². The van der Waals surface area contributed by atoms with Crippen LogP contribution in [-0.2, 0) is 0 Å². The summed E-state index contributed by atoms with van der Waals surface area (Å²) in [6.45, 7) is 0. The molecule has 0 saturated carbocycles. The van der Waals surface area contributed by atoms with Gasteiger partial charge in [0.25, 0.3) is 0 Å². The van der Waals surface area contributed by atoms with Crippen LogP contribution in [-0.4, -0.2) is 19.9 Å². The van der Waals surface area contributed by atoms with E-state index >= 15 is 0 Å². The van der Waals surface area contributed by atoms with Gasteiger partial charge in [0.05, 0.1) is 0 Å². The van der Waals surface area contributed by atoms with Crippen molar-refractivity contribution < 1.29 is 8.83 Å². The molecule has 0 aliphatic rings. The maximum Gasteiger partial charge on any atom is 0.164 e. The largest absolute Gasteiger partial charge is 0.456 e. The molecule has 0 bridgehead atoms. The molecule has 6 aromatic carbocycles. The van der Waals surface area contributed by atoms with E-state index in [1.54, 1.807) is 6.20 Å². The van der Waals surface area contributed by atoms with Gasteiger partial charge in [0.2, 0.25) is 0 Å². The fourth-order valence-corrected chi connectivity index (χ4v) is 6.86. The summed E-state index contributed by atoms with van der Waals surface area (Å²) in [4.78, 5) is 19.5. The Kier molecular flexibility index (Phi) is 5.77. The highest BCUT2D eigenvalue weighted by atomic mass is 16.3. The topological polar surface area (TPSA) is 77.8 Å². The first-order chi connectivity index (χ1) is 23.8. The molecule has 0 atom stereocenters. The maximum absolute atomic E-state index is 6.20. The van der Waals surface area contributed by atoms with Crippen molar-refractivity contribution in [2.75, 3.05) is 0 Å². The second-order valence-corrected chi connectivity index (χ2v) is 11.8. The lowest BCUT2D eigenvalue weighted by atomic mass is 9.94. The van der Waals surface area contributed by atoms with E-state index in [-0.39, 0.29) is 0 Å². The van der Waals surface area contributed by atoms with Gasteiger partial charge >= 0.3 is 0 Å². The molecule has 10 aromatic rings. The summed E-state index contributed by atoms with van der Waals surface area (Å²) in [5, 5.41) is 6.29. The molecular weight excluding hydrogens is 592 g/mol. The molecule has 6 nitrogen and oxygen atoms in total. The van der Waals surface area contributed by atoms with Crippen LogP contribution in [0.25, 0.3) is 99.9 Å². The summed E-state index contributed by atoms with van der Waals surface area (Å²) >= 11 is 0. The number of hydrogen-bond donors (Lipinski definition) is 0. The molecule has 0 N–H and O–H groups in total. The highest BCUT2D eigenvalue weighted by Crippen LogP contribution is 2.40. The minimum Gasteiger partial charge on any atom is -0.456 e. The molecule has 6 heteroatoms. The summed E-state index contributed by atoms with van der Waals surface area (Å²) in [6.07, 6.45) is 3.64. The van der Waals surface area contributed by atoms with Crippen molar-refractivity contribution >= 4 is 54.6 Å². The second-order valence-electron chi connectivity index (χ2n) is 11.8. The van der Waals surface area contributed by atoms with Crippen molar-refractivity contribution in [3.63, 3.8) is 0 Å². The Morgan fingerprint density at radius 2 is 1.04 bits per heavy atom. The normalized spacial score (nSPS) is 11.8. The van der Waals surface area contributed by atoms with Crippen molar-refractivity contribution in [3.8, 4) is 45.3 Å². The van der Waals surface area contributed by atoms with E-state index in [9.17, 15) is 0 Å². The van der Waals surface area contributed by atoms with Gasteiger partial charge in [0, 0.05) is 50.6 Å². The molecule has 0 radical (unpaired) electrons. The zero-order valence-electron chi connectivity index (χ0n) is 25.5. The van der Waals surface area contributed by atoms with Crippen molar-refractivity contribution in [2.24, 2.45) is 0 Å². The van der Waals surface area contributed by atoms with Crippen molar-refractivity contribution in [1.29, 1.82) is 0 Å². The fourth-order valence-electron chi connectivity index (χ4n) is 6.86. The number of furan rings is 2. The van der Waals surface area contributed by atoms with Crippen LogP contribution in [0.1, 0.15) is 0 Å². The number of pyridine rings is 1. The smallest absolute Gasteiger partial charge is 0.164 e. The molecule has 48 heavy (non-hydrogen) atoms. The first kappa shape index (κ1) is 26.5. The third-order valence-electron chi connectivity index (χ3n) is 9.04. The number of rotatable bonds is 4. The first-order valence-corrected chi connectivity index (χ1v) is 15.8. The number of para-hydroxylation sites is 1. The van der Waals surface area contributed by atoms with Gasteiger partial charge in [0.1, 0.15) is 22.3 Å². The van der Waals surface area contributed by atoms with E-state index in [4.69, 9.17) is 23.8 Å². The van der Waals surface area contributed by atoms with Crippen LogP contribution < -0.4 is 0 Å². The number of fused-ring (bicyclic) bond motifs is 7. The highest BCUT2D eigenvalue weighted by Gasteiger charge is 2.19. The highest BCUT2D eigenvalue weighted by molar-refractivity contribution is 6.15. The van der Waals surface area contributed by atoms with Crippen LogP contribution in [0.4, 0.5) is 0 Å². The second kappa shape index (κ2) is 10.4. The molecular formula is C42H24N4O2. The van der Waals surface area contributed by atoms with Crippen LogP contribution in [0.5, 0.6) is 0 Å². The third kappa shape index (κ3) is 4.13. The zero-order chi connectivity index (χ0) is 31.6. The lowest BCUT2D eigenvalue weighted by molar-refractivity contribution is 0.668. The molecule has 0 aliphatic carbocycles. The Labute approximate surface area is 274 Å². The Bertz CT molecular complexity index is 2850. The molecule has 0 unspecified atom stereocenters. The minimum atomic E-state index is 0.594. The van der Waals surface area contributed by atoms with Gasteiger partial charge in [-0.25, -0.2) is 15.0 Å². The van der Waals surface area contributed by atoms with Crippen LogP contribution in [0, 0.1) is 0 Å². The molecule has 10 rings (SSSR count). The van der Waals surface area contributed by atoms with Crippen LogP contribution in [0.3, 0.4) is 0 Å². The summed E-state index contributed by atoms with van der Waals surface area (Å²) in [7, 11) is 0. The van der Waals surface area contributed by atoms with Gasteiger partial charge in [0.15, 0.2) is 17.5 Å². The molecule has 0 spiro atoms. The Morgan fingerprint density at radius 1 is 0.396 bits per heavy atom. The standard InChI is InChI=1S/C42H24N4O2/c1-2-9-25(10-3-1)40-44-41(46-42(45-40)32-15-8-18-37-39(32)31-12-4-5-16-34(31)47-37)27-19-20-28-26(23-27)11-6-13-29(28)30-14-7-17-36-38(30)33-24-43-22-21-35(33)48-36/h1-24H. The monoisotopic (exact) mass is 616 g/mol. The fraction of sp³-hybridized carbons (Fsp3) is 0. The van der Waals surface area contributed by atoms with Gasteiger partial charge in [-0.15, -0.1) is 0 Å². The Hall–Kier alpha value is -6.66. The van der Waals surface area contributed by atoms with Gasteiger partial charge < -0.3 is 8.83 Å². The first-order valence-electron chi connectivity index (χ1n) is 15.8. The molecule has 0 fully saturated rings. The van der Waals surface area contributed by atoms with Crippen LogP contribution in [0.15, 0.2) is 155 Å². The molecule has 0 amide bonds. The molecule has 224 valence electrons. The summed E-state index contributed by atoms with van der Waals surface area (Å²) in [5.41, 5.74) is 8.25. The molecule has 4 aromatic heterocycles. The summed E-state index contributed by atoms with van der Waals surface area (Å²) < 4.78 is 12.4. The van der Waals surface area contributed by atoms with E-state index in [0.29, 0.717) is 17.5 Å². The van der Waals surface area contributed by atoms with Gasteiger partial charge in [-0.3, -0.25) is 4.98 Å². The third-order valence-corrected chi connectivity index (χ3v) is 9.04. The van der Waals surface area contributed by atoms with Gasteiger partial charge in [-0.05, 0) is 52.2 Å². The van der Waals surface area contributed by atoms with E-state index < -0.39 is 0 Å². The predicted molar refractivity (Wildman–Crippen MR) is 191 cm³/mol. The van der Waals surface area contributed by atoms with Gasteiger partial charge in [-0.2, -0.15) is 0 Å². The van der Waals surface area contributed by atoms with Crippen LogP contribution in [0.2, 0.25) is 0 Å². The average Bonchev–Trinajstić information content (AvgIpc) is 3.73. The predicted octanol–water partition coefficient (Wildman–Crippen LogP) is 10.9. The quantitative estimate of drug-likeness (QED) is 0.196. The number of benzene rings is 6. The summed E-state index contributed by atoms with van der Waals surface area (Å²) in [6, 6.07) is 45.1. The van der Waals surface area contributed by atoms with Crippen molar-refractivity contribution in [3.05, 3.63) is 146 Å². The summed E-state index contributed by atoms with van der Waals surface area (Å²) in [5.74, 6) is 1.81. The molecule has 0 saturated heterocycles. The minimum absolute atomic E-state index is 0.594. The van der Waals surface area contributed by atoms with Crippen molar-refractivity contribution in [1.82, 2.24) is 19.9 Å². The van der Waals surface area contributed by atoms with E-state index in [0.717, 1.165) is 82.5 Å². The number of nitrogens with zero attached hydrogens (tertiary/aromatic N) is 4. The van der Waals surface area contributed by atoms with E-state index in [1.807, 2.05) is 85.1 Å². The zero-order valence-corrected chi connectivity index (χ0v) is 25.5. The maximum atomic E-state index is 6.20.